The van der Waals surface area contributed by atoms with Gasteiger partial charge in [-0.2, -0.15) is 5.10 Å². The first-order valence-corrected chi connectivity index (χ1v) is 5.24. The topological polar surface area (TPSA) is 37.9 Å². The molecule has 2 rings (SSSR count). The van der Waals surface area contributed by atoms with Gasteiger partial charge in [0.1, 0.15) is 5.52 Å². The number of hydrogen-bond acceptors (Lipinski definition) is 3. The van der Waals surface area contributed by atoms with Crippen LogP contribution in [0.25, 0.3) is 10.9 Å². The Bertz CT molecular complexity index is 469. The van der Waals surface area contributed by atoms with Crippen molar-refractivity contribution in [2.75, 3.05) is 13.4 Å². The Morgan fingerprint density at radius 2 is 2.36 bits per heavy atom. The SMILES string of the molecule is COc1c(F)cc(SC)c2cn[nH]c12. The van der Waals surface area contributed by atoms with Crippen LogP contribution in [0.3, 0.4) is 0 Å². The van der Waals surface area contributed by atoms with Crippen LogP contribution in [0.4, 0.5) is 4.39 Å². The summed E-state index contributed by atoms with van der Waals surface area (Å²) >= 11 is 1.48. The summed E-state index contributed by atoms with van der Waals surface area (Å²) in [5.41, 5.74) is 0.608. The van der Waals surface area contributed by atoms with Gasteiger partial charge in [0, 0.05) is 10.3 Å². The van der Waals surface area contributed by atoms with E-state index in [2.05, 4.69) is 10.2 Å². The molecule has 1 heterocycles. The fourth-order valence-electron chi connectivity index (χ4n) is 1.39. The minimum absolute atomic E-state index is 0.218. The van der Waals surface area contributed by atoms with Crippen molar-refractivity contribution in [1.29, 1.82) is 0 Å². The maximum atomic E-state index is 13.5. The monoisotopic (exact) mass is 212 g/mol. The number of fused-ring (bicyclic) bond motifs is 1. The molecular formula is C9H9FN2OS. The van der Waals surface area contributed by atoms with Crippen LogP contribution in [0, 0.1) is 5.82 Å². The molecule has 5 heteroatoms. The third kappa shape index (κ3) is 1.24. The number of hydrogen-bond donors (Lipinski definition) is 1. The number of halogens is 1. The number of H-pyrrole nitrogens is 1. The molecule has 1 aromatic heterocycles. The molecule has 0 aliphatic rings. The Hall–Kier alpha value is -1.23. The van der Waals surface area contributed by atoms with Gasteiger partial charge in [-0.25, -0.2) is 4.39 Å². The highest BCUT2D eigenvalue weighted by molar-refractivity contribution is 7.98. The highest BCUT2D eigenvalue weighted by Gasteiger charge is 2.13. The summed E-state index contributed by atoms with van der Waals surface area (Å²) in [6.45, 7) is 0. The molecule has 0 saturated heterocycles. The van der Waals surface area contributed by atoms with E-state index >= 15 is 0 Å². The van der Waals surface area contributed by atoms with Crippen molar-refractivity contribution < 1.29 is 9.13 Å². The smallest absolute Gasteiger partial charge is 0.180 e. The summed E-state index contributed by atoms with van der Waals surface area (Å²) in [4.78, 5) is 0.854. The zero-order chi connectivity index (χ0) is 10.1. The Labute approximate surface area is 84.6 Å². The van der Waals surface area contributed by atoms with Gasteiger partial charge in [-0.05, 0) is 12.3 Å². The summed E-state index contributed by atoms with van der Waals surface area (Å²) in [6.07, 6.45) is 3.57. The lowest BCUT2D eigenvalue weighted by molar-refractivity contribution is 0.390. The average Bonchev–Trinajstić information content (AvgIpc) is 2.65. The van der Waals surface area contributed by atoms with E-state index in [1.807, 2.05) is 6.26 Å². The molecular weight excluding hydrogens is 203 g/mol. The molecule has 0 unspecified atom stereocenters. The Balaban J connectivity index is 2.81. The molecule has 1 N–H and O–H groups in total. The van der Waals surface area contributed by atoms with Crippen LogP contribution in [-0.4, -0.2) is 23.6 Å². The van der Waals surface area contributed by atoms with Crippen LogP contribution in [-0.2, 0) is 0 Å². The molecule has 0 atom stereocenters. The number of aromatic amines is 1. The van der Waals surface area contributed by atoms with Crippen molar-refractivity contribution in [3.63, 3.8) is 0 Å². The van der Waals surface area contributed by atoms with E-state index < -0.39 is 0 Å². The molecule has 0 spiro atoms. The van der Waals surface area contributed by atoms with Crippen LogP contribution in [0.5, 0.6) is 5.75 Å². The predicted molar refractivity (Wildman–Crippen MR) is 54.4 cm³/mol. The fourth-order valence-corrected chi connectivity index (χ4v) is 1.99. The van der Waals surface area contributed by atoms with Gasteiger partial charge in [0.25, 0.3) is 0 Å². The quantitative estimate of drug-likeness (QED) is 0.777. The second-order valence-corrected chi connectivity index (χ2v) is 3.60. The van der Waals surface area contributed by atoms with Crippen molar-refractivity contribution in [3.05, 3.63) is 18.1 Å². The minimum Gasteiger partial charge on any atom is -0.492 e. The summed E-state index contributed by atoms with van der Waals surface area (Å²) in [7, 11) is 1.44. The second-order valence-electron chi connectivity index (χ2n) is 2.75. The van der Waals surface area contributed by atoms with E-state index in [0.717, 1.165) is 10.3 Å². The highest BCUT2D eigenvalue weighted by atomic mass is 32.2. The Morgan fingerprint density at radius 1 is 1.57 bits per heavy atom. The molecule has 0 fully saturated rings. The first kappa shape index (κ1) is 9.33. The van der Waals surface area contributed by atoms with E-state index in [4.69, 9.17) is 4.74 Å². The third-order valence-electron chi connectivity index (χ3n) is 2.03. The van der Waals surface area contributed by atoms with Crippen molar-refractivity contribution in [2.24, 2.45) is 0 Å². The molecule has 0 radical (unpaired) electrons. The Morgan fingerprint density at radius 3 is 3.00 bits per heavy atom. The molecule has 1 aromatic carbocycles. The van der Waals surface area contributed by atoms with Gasteiger partial charge in [0.05, 0.1) is 13.3 Å². The zero-order valence-electron chi connectivity index (χ0n) is 7.80. The number of methoxy groups -OCH3 is 1. The van der Waals surface area contributed by atoms with Gasteiger partial charge in [-0.3, -0.25) is 5.10 Å². The number of benzene rings is 1. The standard InChI is InChI=1S/C9H9FN2OS/c1-13-9-6(10)3-7(14-2)5-4-11-12-8(5)9/h3-4H,1-2H3,(H,11,12). The predicted octanol–water partition coefficient (Wildman–Crippen LogP) is 2.43. The average molecular weight is 212 g/mol. The summed E-state index contributed by atoms with van der Waals surface area (Å²) in [5, 5.41) is 7.49. The fraction of sp³-hybridized carbons (Fsp3) is 0.222. The van der Waals surface area contributed by atoms with E-state index in [1.54, 1.807) is 6.20 Å². The molecule has 74 valence electrons. The summed E-state index contributed by atoms with van der Waals surface area (Å²) < 4.78 is 18.4. The molecule has 14 heavy (non-hydrogen) atoms. The van der Waals surface area contributed by atoms with Crippen molar-refractivity contribution >= 4 is 22.7 Å². The van der Waals surface area contributed by atoms with Crippen LogP contribution in [0.15, 0.2) is 17.2 Å². The minimum atomic E-state index is -0.367. The number of thioether (sulfide) groups is 1. The van der Waals surface area contributed by atoms with E-state index in [0.29, 0.717) is 5.52 Å². The molecule has 0 aliphatic heterocycles. The third-order valence-corrected chi connectivity index (χ3v) is 2.81. The van der Waals surface area contributed by atoms with Crippen molar-refractivity contribution in [2.45, 2.75) is 4.90 Å². The van der Waals surface area contributed by atoms with Crippen LogP contribution in [0.1, 0.15) is 0 Å². The number of nitrogens with zero attached hydrogens (tertiary/aromatic N) is 1. The van der Waals surface area contributed by atoms with E-state index in [9.17, 15) is 4.39 Å². The van der Waals surface area contributed by atoms with Gasteiger partial charge in [0.15, 0.2) is 11.6 Å². The second kappa shape index (κ2) is 3.49. The molecule has 0 saturated carbocycles. The molecule has 0 amide bonds. The molecule has 2 aromatic rings. The zero-order valence-corrected chi connectivity index (χ0v) is 8.61. The van der Waals surface area contributed by atoms with Crippen LogP contribution in [0.2, 0.25) is 0 Å². The van der Waals surface area contributed by atoms with E-state index in [-0.39, 0.29) is 11.6 Å². The number of aromatic nitrogens is 2. The number of nitrogens with one attached hydrogen (secondary N) is 1. The van der Waals surface area contributed by atoms with Gasteiger partial charge in [0.2, 0.25) is 0 Å². The molecule has 0 bridgehead atoms. The molecule has 0 aliphatic carbocycles. The first-order valence-electron chi connectivity index (χ1n) is 4.01. The van der Waals surface area contributed by atoms with Gasteiger partial charge in [-0.15, -0.1) is 11.8 Å². The summed E-state index contributed by atoms with van der Waals surface area (Å²) in [5.74, 6) is -0.149. The maximum absolute atomic E-state index is 13.5. The van der Waals surface area contributed by atoms with E-state index in [1.165, 1.54) is 24.9 Å². The number of ether oxygens (including phenoxy) is 1. The van der Waals surface area contributed by atoms with Crippen molar-refractivity contribution in [3.8, 4) is 5.75 Å². The summed E-state index contributed by atoms with van der Waals surface area (Å²) in [6, 6.07) is 1.46. The maximum Gasteiger partial charge on any atom is 0.180 e. The van der Waals surface area contributed by atoms with Gasteiger partial charge < -0.3 is 4.74 Å². The lowest BCUT2D eigenvalue weighted by atomic mass is 10.2. The first-order chi connectivity index (χ1) is 6.77. The lowest BCUT2D eigenvalue weighted by Gasteiger charge is -2.05. The Kier molecular flexibility index (Phi) is 2.33. The lowest BCUT2D eigenvalue weighted by Crippen LogP contribution is -1.90. The normalized spacial score (nSPS) is 10.8. The van der Waals surface area contributed by atoms with Crippen LogP contribution < -0.4 is 4.74 Å². The van der Waals surface area contributed by atoms with Gasteiger partial charge in [-0.1, -0.05) is 0 Å². The van der Waals surface area contributed by atoms with Crippen molar-refractivity contribution in [1.82, 2.24) is 10.2 Å². The number of rotatable bonds is 2. The van der Waals surface area contributed by atoms with Crippen LogP contribution >= 0.6 is 11.8 Å². The van der Waals surface area contributed by atoms with Gasteiger partial charge >= 0.3 is 0 Å². The molecule has 3 nitrogen and oxygen atoms in total. The largest absolute Gasteiger partial charge is 0.492 e. The highest BCUT2D eigenvalue weighted by Crippen LogP contribution is 2.33.